The normalized spacial score (nSPS) is 15.9. The zero-order valence-corrected chi connectivity index (χ0v) is 17.6. The molecule has 6 heteroatoms. The fraction of sp³-hybridized carbons (Fsp3) is 0.591. The Hall–Kier alpha value is -2.21. The number of fused-ring (bicyclic) bond motifs is 1. The van der Waals surface area contributed by atoms with Gasteiger partial charge in [-0.3, -0.25) is 9.69 Å². The van der Waals surface area contributed by atoms with Gasteiger partial charge in [-0.1, -0.05) is 45.0 Å². The lowest BCUT2D eigenvalue weighted by Gasteiger charge is -2.22. The molecule has 0 bridgehead atoms. The largest absolute Gasteiger partial charge is 0.346 e. The van der Waals surface area contributed by atoms with E-state index in [0.29, 0.717) is 5.92 Å². The van der Waals surface area contributed by atoms with E-state index >= 15 is 0 Å². The molecule has 3 rings (SSSR count). The van der Waals surface area contributed by atoms with Gasteiger partial charge in [0.15, 0.2) is 5.82 Å². The van der Waals surface area contributed by atoms with Crippen molar-refractivity contribution in [1.82, 2.24) is 25.0 Å². The average Bonchev–Trinajstić information content (AvgIpc) is 2.96. The Morgan fingerprint density at radius 3 is 2.46 bits per heavy atom. The summed E-state index contributed by atoms with van der Waals surface area (Å²) in [5, 5.41) is 12.0. The average molecular weight is 384 g/mol. The van der Waals surface area contributed by atoms with Gasteiger partial charge < -0.3 is 9.88 Å². The van der Waals surface area contributed by atoms with Crippen molar-refractivity contribution in [1.29, 1.82) is 0 Å². The van der Waals surface area contributed by atoms with Crippen LogP contribution in [0.4, 0.5) is 0 Å². The quantitative estimate of drug-likeness (QED) is 0.798. The smallest absolute Gasteiger partial charge is 0.217 e. The van der Waals surface area contributed by atoms with E-state index in [0.717, 1.165) is 57.1 Å². The molecule has 0 saturated heterocycles. The number of carbonyl (C=O) groups is 1. The summed E-state index contributed by atoms with van der Waals surface area (Å²) in [6.45, 7) is 11.8. The first-order valence-corrected chi connectivity index (χ1v) is 10.5. The molecule has 0 aliphatic carbocycles. The summed E-state index contributed by atoms with van der Waals surface area (Å²) in [4.78, 5) is 14.2. The van der Waals surface area contributed by atoms with Crippen molar-refractivity contribution in [2.75, 3.05) is 13.1 Å². The monoisotopic (exact) mass is 383 g/mol. The minimum Gasteiger partial charge on any atom is -0.346 e. The fourth-order valence-electron chi connectivity index (χ4n) is 3.89. The number of aryl methyl sites for hydroxylation is 1. The second-order valence-corrected chi connectivity index (χ2v) is 8.20. The van der Waals surface area contributed by atoms with Crippen molar-refractivity contribution in [3.63, 3.8) is 0 Å². The molecule has 0 radical (unpaired) electrons. The van der Waals surface area contributed by atoms with Gasteiger partial charge in [0.05, 0.1) is 6.04 Å². The number of hydrogen-bond donors (Lipinski definition) is 1. The van der Waals surface area contributed by atoms with Gasteiger partial charge in [-0.2, -0.15) is 0 Å². The third-order valence-electron chi connectivity index (χ3n) is 5.38. The number of benzene rings is 1. The molecule has 0 fully saturated rings. The number of aromatic nitrogens is 3. The SMILES string of the molecule is CCc1ccc(CN2CCc3nnc([C@H](CC(C)C)NC(C)=O)n3CC2)cc1. The summed E-state index contributed by atoms with van der Waals surface area (Å²) in [6, 6.07) is 8.86. The van der Waals surface area contributed by atoms with Gasteiger partial charge in [0.25, 0.3) is 0 Å². The van der Waals surface area contributed by atoms with Gasteiger partial charge in [0.1, 0.15) is 5.82 Å². The molecule has 2 aromatic rings. The van der Waals surface area contributed by atoms with Crippen LogP contribution in [0.5, 0.6) is 0 Å². The maximum atomic E-state index is 11.7. The summed E-state index contributed by atoms with van der Waals surface area (Å²) in [5.41, 5.74) is 2.73. The van der Waals surface area contributed by atoms with Crippen LogP contribution in [-0.2, 0) is 30.7 Å². The number of hydrogen-bond acceptors (Lipinski definition) is 4. The number of amides is 1. The van der Waals surface area contributed by atoms with Crippen molar-refractivity contribution in [2.45, 2.75) is 66.1 Å². The Bertz CT molecular complexity index is 781. The van der Waals surface area contributed by atoms with E-state index < -0.39 is 0 Å². The Labute approximate surface area is 168 Å². The summed E-state index contributed by atoms with van der Waals surface area (Å²) in [7, 11) is 0. The number of nitrogens with zero attached hydrogens (tertiary/aromatic N) is 4. The number of nitrogens with one attached hydrogen (secondary N) is 1. The molecule has 1 amide bonds. The van der Waals surface area contributed by atoms with Gasteiger partial charge in [-0.25, -0.2) is 0 Å². The van der Waals surface area contributed by atoms with E-state index in [9.17, 15) is 4.79 Å². The number of rotatable bonds is 7. The van der Waals surface area contributed by atoms with Gasteiger partial charge >= 0.3 is 0 Å². The Morgan fingerprint density at radius 2 is 1.82 bits per heavy atom. The standard InChI is InChI=1S/C22H33N5O/c1-5-18-6-8-19(9-7-18)15-26-11-10-21-24-25-22(27(21)13-12-26)20(14-16(2)3)23-17(4)28/h6-9,16,20H,5,10-15H2,1-4H3,(H,23,28)/t20-/m0/s1. The van der Waals surface area contributed by atoms with Crippen molar-refractivity contribution < 1.29 is 4.79 Å². The lowest BCUT2D eigenvalue weighted by atomic mass is 10.0. The molecule has 152 valence electrons. The highest BCUT2D eigenvalue weighted by molar-refractivity contribution is 5.73. The lowest BCUT2D eigenvalue weighted by molar-refractivity contribution is -0.119. The highest BCUT2D eigenvalue weighted by Crippen LogP contribution is 2.22. The van der Waals surface area contributed by atoms with Gasteiger partial charge in [0.2, 0.25) is 5.91 Å². The van der Waals surface area contributed by atoms with E-state index in [-0.39, 0.29) is 11.9 Å². The minimum absolute atomic E-state index is 0.0197. The molecule has 2 heterocycles. The maximum Gasteiger partial charge on any atom is 0.217 e. The van der Waals surface area contributed by atoms with Crippen LogP contribution in [0.2, 0.25) is 0 Å². The van der Waals surface area contributed by atoms with Gasteiger partial charge in [-0.15, -0.1) is 10.2 Å². The van der Waals surface area contributed by atoms with Crippen molar-refractivity contribution in [2.24, 2.45) is 5.92 Å². The van der Waals surface area contributed by atoms with Crippen LogP contribution in [0.1, 0.15) is 62.9 Å². The molecule has 1 aromatic heterocycles. The van der Waals surface area contributed by atoms with Crippen LogP contribution in [0, 0.1) is 5.92 Å². The van der Waals surface area contributed by atoms with Crippen LogP contribution >= 0.6 is 0 Å². The molecule has 1 aliphatic rings. The van der Waals surface area contributed by atoms with Crippen molar-refractivity contribution in [3.05, 3.63) is 47.0 Å². The summed E-state index contributed by atoms with van der Waals surface area (Å²) < 4.78 is 2.23. The molecule has 0 spiro atoms. The van der Waals surface area contributed by atoms with E-state index in [1.165, 1.54) is 11.1 Å². The Balaban J connectivity index is 1.70. The van der Waals surface area contributed by atoms with E-state index in [4.69, 9.17) is 0 Å². The Morgan fingerprint density at radius 1 is 1.11 bits per heavy atom. The van der Waals surface area contributed by atoms with Gasteiger partial charge in [0, 0.05) is 39.5 Å². The summed E-state index contributed by atoms with van der Waals surface area (Å²) in [5.74, 6) is 2.37. The van der Waals surface area contributed by atoms with Crippen molar-refractivity contribution in [3.8, 4) is 0 Å². The van der Waals surface area contributed by atoms with Gasteiger partial charge in [-0.05, 0) is 29.9 Å². The van der Waals surface area contributed by atoms with Crippen LogP contribution in [0.3, 0.4) is 0 Å². The molecule has 1 atom stereocenters. The van der Waals surface area contributed by atoms with E-state index in [1.54, 1.807) is 6.92 Å². The molecule has 0 saturated carbocycles. The molecule has 0 unspecified atom stereocenters. The third-order valence-corrected chi connectivity index (χ3v) is 5.38. The third kappa shape index (κ3) is 5.19. The first-order chi connectivity index (χ1) is 13.5. The van der Waals surface area contributed by atoms with E-state index in [2.05, 4.69) is 70.0 Å². The second-order valence-electron chi connectivity index (χ2n) is 8.20. The highest BCUT2D eigenvalue weighted by atomic mass is 16.1. The summed E-state index contributed by atoms with van der Waals surface area (Å²) in [6.07, 6.45) is 2.83. The van der Waals surface area contributed by atoms with Crippen LogP contribution in [-0.4, -0.2) is 38.7 Å². The maximum absolute atomic E-state index is 11.7. The van der Waals surface area contributed by atoms with Crippen LogP contribution in [0.15, 0.2) is 24.3 Å². The van der Waals surface area contributed by atoms with E-state index in [1.807, 2.05) is 0 Å². The predicted molar refractivity (Wildman–Crippen MR) is 111 cm³/mol. The van der Waals surface area contributed by atoms with Crippen LogP contribution in [0.25, 0.3) is 0 Å². The summed E-state index contributed by atoms with van der Waals surface area (Å²) >= 11 is 0. The van der Waals surface area contributed by atoms with Crippen molar-refractivity contribution >= 4 is 5.91 Å². The number of carbonyl (C=O) groups excluding carboxylic acids is 1. The first-order valence-electron chi connectivity index (χ1n) is 10.5. The minimum atomic E-state index is -0.0770. The molecule has 1 N–H and O–H groups in total. The molecule has 1 aliphatic heterocycles. The Kier molecular flexibility index (Phi) is 6.83. The molecule has 1 aromatic carbocycles. The topological polar surface area (TPSA) is 63.1 Å². The predicted octanol–water partition coefficient (Wildman–Crippen LogP) is 3.12. The lowest BCUT2D eigenvalue weighted by Crippen LogP contribution is -2.31. The highest BCUT2D eigenvalue weighted by Gasteiger charge is 2.25. The molecule has 28 heavy (non-hydrogen) atoms. The zero-order chi connectivity index (χ0) is 20.1. The fourth-order valence-corrected chi connectivity index (χ4v) is 3.89. The first kappa shape index (κ1) is 20.5. The molecular formula is C22H33N5O. The molecular weight excluding hydrogens is 350 g/mol. The van der Waals surface area contributed by atoms with Crippen LogP contribution < -0.4 is 5.32 Å². The molecule has 6 nitrogen and oxygen atoms in total. The second kappa shape index (κ2) is 9.32. The zero-order valence-electron chi connectivity index (χ0n) is 17.6.